The van der Waals surface area contributed by atoms with Crippen LogP contribution in [0.2, 0.25) is 10.2 Å². The van der Waals surface area contributed by atoms with E-state index in [0.717, 1.165) is 16.0 Å². The Morgan fingerprint density at radius 1 is 1.07 bits per heavy atom. The minimum atomic E-state index is -3.89. The van der Waals surface area contributed by atoms with Gasteiger partial charge in [0.1, 0.15) is 15.7 Å². The van der Waals surface area contributed by atoms with Crippen LogP contribution in [0.5, 0.6) is 5.75 Å². The van der Waals surface area contributed by atoms with E-state index in [1.165, 1.54) is 29.5 Å². The summed E-state index contributed by atoms with van der Waals surface area (Å²) in [5, 5.41) is 1.21. The fourth-order valence-corrected chi connectivity index (χ4v) is 5.90. The van der Waals surface area contributed by atoms with Crippen LogP contribution < -0.4 is 9.46 Å². The van der Waals surface area contributed by atoms with Crippen molar-refractivity contribution in [2.24, 2.45) is 0 Å². The molecule has 0 amide bonds. The molecule has 4 rings (SSSR count). The third-order valence-corrected chi connectivity index (χ3v) is 7.31. The Balaban J connectivity index is 1.92. The normalized spacial score (nSPS) is 11.6. The highest BCUT2D eigenvalue weighted by atomic mass is 35.5. The first-order valence-corrected chi connectivity index (χ1v) is 11.9. The summed E-state index contributed by atoms with van der Waals surface area (Å²) in [4.78, 5) is 6.08. The summed E-state index contributed by atoms with van der Waals surface area (Å²) in [5.41, 5.74) is 2.12. The smallest absolute Gasteiger partial charge is 0.261 e. The summed E-state index contributed by atoms with van der Waals surface area (Å²) in [6.45, 7) is 1.96. The lowest BCUT2D eigenvalue weighted by atomic mass is 10.0. The zero-order valence-electron chi connectivity index (χ0n) is 15.9. The Bertz CT molecular complexity index is 1370. The highest BCUT2D eigenvalue weighted by molar-refractivity contribution is 7.92. The molecule has 0 aliphatic heterocycles. The van der Waals surface area contributed by atoms with Crippen molar-refractivity contribution in [2.75, 3.05) is 11.8 Å². The molecule has 0 saturated heterocycles. The minimum absolute atomic E-state index is 0.0611. The van der Waals surface area contributed by atoms with Crippen molar-refractivity contribution in [1.29, 1.82) is 0 Å². The van der Waals surface area contributed by atoms with Gasteiger partial charge < -0.3 is 4.74 Å². The number of aromatic nitrogens is 1. The summed E-state index contributed by atoms with van der Waals surface area (Å²) in [7, 11) is -2.29. The van der Waals surface area contributed by atoms with Crippen LogP contribution in [0.25, 0.3) is 21.3 Å². The molecule has 0 radical (unpaired) electrons. The quantitative estimate of drug-likeness (QED) is 0.337. The standard InChI is InChI=1S/C21H16Cl2N2O3S2/c1-12-19(13-5-3-7-15(9-13)28-2)20-17(11-18(23)24-21(20)29-12)25-30(26,27)16-8-4-6-14(22)10-16/h3-11H,1-2H3,(H,24,25). The number of pyridine rings is 1. The van der Waals surface area contributed by atoms with Crippen molar-refractivity contribution in [3.05, 3.63) is 69.7 Å². The molecule has 0 bridgehead atoms. The van der Waals surface area contributed by atoms with Crippen LogP contribution in [-0.2, 0) is 10.0 Å². The second-order valence-electron chi connectivity index (χ2n) is 6.50. The number of hydrogen-bond donors (Lipinski definition) is 1. The van der Waals surface area contributed by atoms with Crippen LogP contribution >= 0.6 is 34.5 Å². The third kappa shape index (κ3) is 3.98. The van der Waals surface area contributed by atoms with Crippen molar-refractivity contribution in [2.45, 2.75) is 11.8 Å². The highest BCUT2D eigenvalue weighted by Gasteiger charge is 2.22. The maximum Gasteiger partial charge on any atom is 0.261 e. The molecule has 0 aliphatic rings. The number of nitrogens with zero attached hydrogens (tertiary/aromatic N) is 1. The van der Waals surface area contributed by atoms with E-state index in [1.54, 1.807) is 19.2 Å². The van der Waals surface area contributed by atoms with Crippen molar-refractivity contribution in [3.8, 4) is 16.9 Å². The number of hydrogen-bond acceptors (Lipinski definition) is 5. The molecule has 0 aliphatic carbocycles. The average molecular weight is 479 g/mol. The van der Waals surface area contributed by atoms with E-state index in [4.69, 9.17) is 27.9 Å². The van der Waals surface area contributed by atoms with Gasteiger partial charge >= 0.3 is 0 Å². The van der Waals surface area contributed by atoms with Gasteiger partial charge in [-0.25, -0.2) is 13.4 Å². The molecule has 2 heterocycles. The Morgan fingerprint density at radius 2 is 1.83 bits per heavy atom. The van der Waals surface area contributed by atoms with Crippen LogP contribution in [-0.4, -0.2) is 20.5 Å². The van der Waals surface area contributed by atoms with Gasteiger partial charge in [-0.3, -0.25) is 4.72 Å². The summed E-state index contributed by atoms with van der Waals surface area (Å²) < 4.78 is 34.0. The molecule has 0 fully saturated rings. The number of halogens is 2. The predicted octanol–water partition coefficient (Wildman–Crippen LogP) is 6.39. The first kappa shape index (κ1) is 20.9. The van der Waals surface area contributed by atoms with Crippen LogP contribution in [0.3, 0.4) is 0 Å². The van der Waals surface area contributed by atoms with Crippen LogP contribution in [0.1, 0.15) is 4.88 Å². The largest absolute Gasteiger partial charge is 0.497 e. The fraction of sp³-hybridized carbons (Fsp3) is 0.0952. The molecule has 9 heteroatoms. The maximum absolute atomic E-state index is 13.0. The van der Waals surface area contributed by atoms with E-state index in [9.17, 15) is 8.42 Å². The van der Waals surface area contributed by atoms with Gasteiger partial charge in [-0.15, -0.1) is 11.3 Å². The average Bonchev–Trinajstić information content (AvgIpc) is 3.03. The number of nitrogens with one attached hydrogen (secondary N) is 1. The van der Waals surface area contributed by atoms with E-state index in [0.29, 0.717) is 26.7 Å². The minimum Gasteiger partial charge on any atom is -0.497 e. The lowest BCUT2D eigenvalue weighted by Crippen LogP contribution is -2.13. The van der Waals surface area contributed by atoms with Gasteiger partial charge in [-0.05, 0) is 42.8 Å². The van der Waals surface area contributed by atoms with Crippen molar-refractivity contribution >= 4 is 60.5 Å². The van der Waals surface area contributed by atoms with E-state index in [1.807, 2.05) is 31.2 Å². The Hall–Kier alpha value is -2.32. The lowest BCUT2D eigenvalue weighted by Gasteiger charge is -2.12. The molecule has 154 valence electrons. The van der Waals surface area contributed by atoms with Gasteiger partial charge in [0.05, 0.1) is 17.7 Å². The molecule has 5 nitrogen and oxygen atoms in total. The Kier molecular flexibility index (Phi) is 5.63. The lowest BCUT2D eigenvalue weighted by molar-refractivity contribution is 0.415. The van der Waals surface area contributed by atoms with E-state index in [-0.39, 0.29) is 10.0 Å². The molecule has 0 atom stereocenters. The second kappa shape index (κ2) is 8.07. The number of fused-ring (bicyclic) bond motifs is 1. The highest BCUT2D eigenvalue weighted by Crippen LogP contribution is 2.43. The monoisotopic (exact) mass is 478 g/mol. The fourth-order valence-electron chi connectivity index (χ4n) is 3.22. The van der Waals surface area contributed by atoms with Gasteiger partial charge in [-0.1, -0.05) is 41.4 Å². The first-order valence-electron chi connectivity index (χ1n) is 8.81. The number of rotatable bonds is 5. The Morgan fingerprint density at radius 3 is 2.57 bits per heavy atom. The zero-order valence-corrected chi connectivity index (χ0v) is 19.1. The summed E-state index contributed by atoms with van der Waals surface area (Å²) >= 11 is 13.6. The Labute approximate surface area is 188 Å². The van der Waals surface area contributed by atoms with Crippen molar-refractivity contribution in [1.82, 2.24) is 4.98 Å². The number of thiophene rings is 1. The molecule has 0 saturated carbocycles. The molecular formula is C21H16Cl2N2O3S2. The molecule has 2 aromatic carbocycles. The molecule has 0 unspecified atom stereocenters. The predicted molar refractivity (Wildman–Crippen MR) is 124 cm³/mol. The zero-order chi connectivity index (χ0) is 21.5. The van der Waals surface area contributed by atoms with Gasteiger partial charge in [0.15, 0.2) is 0 Å². The number of ether oxygens (including phenoxy) is 1. The second-order valence-corrected chi connectivity index (χ2v) is 10.2. The van der Waals surface area contributed by atoms with Crippen molar-refractivity contribution < 1.29 is 13.2 Å². The molecule has 0 spiro atoms. The summed E-state index contributed by atoms with van der Waals surface area (Å²) in [6.07, 6.45) is 0. The number of benzene rings is 2. The molecule has 4 aromatic rings. The van der Waals surface area contributed by atoms with Crippen LogP contribution in [0.15, 0.2) is 59.5 Å². The summed E-state index contributed by atoms with van der Waals surface area (Å²) in [6, 6.07) is 15.2. The number of anilines is 1. The molecular weight excluding hydrogens is 463 g/mol. The summed E-state index contributed by atoms with van der Waals surface area (Å²) in [5.74, 6) is 0.703. The van der Waals surface area contributed by atoms with E-state index >= 15 is 0 Å². The molecule has 2 aromatic heterocycles. The SMILES string of the molecule is COc1cccc(-c2c(C)sc3nc(Cl)cc(NS(=O)(=O)c4cccc(Cl)c4)c23)c1. The van der Waals surface area contributed by atoms with E-state index in [2.05, 4.69) is 9.71 Å². The number of sulfonamides is 1. The van der Waals surface area contributed by atoms with Gasteiger partial charge in [0.25, 0.3) is 10.0 Å². The van der Waals surface area contributed by atoms with Gasteiger partial charge in [0, 0.05) is 26.9 Å². The maximum atomic E-state index is 13.0. The van der Waals surface area contributed by atoms with Gasteiger partial charge in [-0.2, -0.15) is 0 Å². The first-order chi connectivity index (χ1) is 14.3. The topological polar surface area (TPSA) is 68.3 Å². The van der Waals surface area contributed by atoms with Crippen molar-refractivity contribution in [3.63, 3.8) is 0 Å². The van der Waals surface area contributed by atoms with Crippen LogP contribution in [0, 0.1) is 6.92 Å². The van der Waals surface area contributed by atoms with Crippen LogP contribution in [0.4, 0.5) is 5.69 Å². The molecule has 30 heavy (non-hydrogen) atoms. The number of aryl methyl sites for hydroxylation is 1. The third-order valence-electron chi connectivity index (χ3n) is 4.52. The van der Waals surface area contributed by atoms with E-state index < -0.39 is 10.0 Å². The molecule has 1 N–H and O–H groups in total. The van der Waals surface area contributed by atoms with Gasteiger partial charge in [0.2, 0.25) is 0 Å². The number of methoxy groups -OCH3 is 1.